The Hall–Kier alpha value is -2.89. The minimum atomic E-state index is -2.50. The van der Waals surface area contributed by atoms with Gasteiger partial charge in [0.05, 0.1) is 11.9 Å². The average Bonchev–Trinajstić information content (AvgIpc) is 2.69. The van der Waals surface area contributed by atoms with Crippen molar-refractivity contribution in [2.75, 3.05) is 38.1 Å². The fourth-order valence-corrected chi connectivity index (χ4v) is 4.10. The third-order valence-corrected chi connectivity index (χ3v) is 6.08. The van der Waals surface area contributed by atoms with Gasteiger partial charge in [0.2, 0.25) is 5.95 Å². The predicted molar refractivity (Wildman–Crippen MR) is 124 cm³/mol. The number of carbonyl (C=O) groups excluding carboxylic acids is 1. The first kappa shape index (κ1) is 21.8. The molecule has 0 aliphatic rings. The number of halogens is 1. The fraction of sp³-hybridized carbons (Fsp3) is 0.190. The largest absolute Gasteiger partial charge is 0.345 e. The van der Waals surface area contributed by atoms with E-state index in [0.29, 0.717) is 39.0 Å². The normalized spacial score (nSPS) is 11.1. The lowest BCUT2D eigenvalue weighted by Crippen LogP contribution is -2.21. The van der Waals surface area contributed by atoms with Crippen LogP contribution in [0.5, 0.6) is 0 Å². The summed E-state index contributed by atoms with van der Waals surface area (Å²) in [6, 6.07) is 14.4. The van der Waals surface area contributed by atoms with Crippen molar-refractivity contribution in [3.05, 3.63) is 65.3 Å². The van der Waals surface area contributed by atoms with Gasteiger partial charge in [-0.2, -0.15) is 4.98 Å². The number of nitrogens with zero attached hydrogens (tertiary/aromatic N) is 3. The molecular formula is C21H23ClN5O2P. The number of amides is 1. The van der Waals surface area contributed by atoms with Crippen LogP contribution in [0.4, 0.5) is 23.1 Å². The maximum atomic E-state index is 12.6. The number of aromatic nitrogens is 2. The van der Waals surface area contributed by atoms with Gasteiger partial charge < -0.3 is 20.1 Å². The molecule has 3 aromatic rings. The summed E-state index contributed by atoms with van der Waals surface area (Å²) in [6.07, 6.45) is 1.48. The van der Waals surface area contributed by atoms with Crippen molar-refractivity contribution in [2.24, 2.45) is 0 Å². The van der Waals surface area contributed by atoms with Crippen LogP contribution in [0, 0.1) is 0 Å². The van der Waals surface area contributed by atoms with E-state index in [9.17, 15) is 9.36 Å². The van der Waals surface area contributed by atoms with Crippen molar-refractivity contribution in [1.82, 2.24) is 14.9 Å². The van der Waals surface area contributed by atoms with E-state index in [2.05, 4.69) is 20.6 Å². The molecule has 2 aromatic carbocycles. The number of hydrogen-bond donors (Lipinski definition) is 2. The highest BCUT2D eigenvalue weighted by Crippen LogP contribution is 2.38. The quantitative estimate of drug-likeness (QED) is 0.543. The molecule has 0 bridgehead atoms. The molecule has 1 aromatic heterocycles. The topological polar surface area (TPSA) is 87.2 Å². The van der Waals surface area contributed by atoms with Gasteiger partial charge in [0, 0.05) is 30.7 Å². The molecule has 2 N–H and O–H groups in total. The Morgan fingerprint density at radius 2 is 1.80 bits per heavy atom. The molecule has 0 spiro atoms. The Kier molecular flexibility index (Phi) is 6.44. The zero-order valence-electron chi connectivity index (χ0n) is 17.2. The second-order valence-electron chi connectivity index (χ2n) is 7.29. The average molecular weight is 444 g/mol. The summed E-state index contributed by atoms with van der Waals surface area (Å²) < 4.78 is 12.6. The van der Waals surface area contributed by atoms with Gasteiger partial charge >= 0.3 is 0 Å². The van der Waals surface area contributed by atoms with Gasteiger partial charge in [-0.15, -0.1) is 0 Å². The van der Waals surface area contributed by atoms with Gasteiger partial charge in [-0.3, -0.25) is 4.79 Å². The van der Waals surface area contributed by atoms with E-state index < -0.39 is 7.14 Å². The summed E-state index contributed by atoms with van der Waals surface area (Å²) in [5, 5.41) is 7.29. The predicted octanol–water partition coefficient (Wildman–Crippen LogP) is 4.57. The zero-order valence-corrected chi connectivity index (χ0v) is 18.8. The molecule has 156 valence electrons. The molecule has 9 heteroatoms. The summed E-state index contributed by atoms with van der Waals surface area (Å²) in [5.41, 5.74) is 1.90. The van der Waals surface area contributed by atoms with Crippen LogP contribution in [0.3, 0.4) is 0 Å². The van der Waals surface area contributed by atoms with Gasteiger partial charge in [-0.1, -0.05) is 29.8 Å². The molecule has 0 radical (unpaired) electrons. The minimum Gasteiger partial charge on any atom is -0.345 e. The highest BCUT2D eigenvalue weighted by atomic mass is 35.5. The summed E-state index contributed by atoms with van der Waals surface area (Å²) >= 11 is 6.28. The number of anilines is 4. The van der Waals surface area contributed by atoms with Crippen molar-refractivity contribution in [3.63, 3.8) is 0 Å². The van der Waals surface area contributed by atoms with E-state index in [-0.39, 0.29) is 5.91 Å². The Balaban J connectivity index is 1.88. The number of hydrogen-bond acceptors (Lipinski definition) is 6. The van der Waals surface area contributed by atoms with E-state index in [1.165, 1.54) is 11.1 Å². The molecule has 1 amide bonds. The zero-order chi connectivity index (χ0) is 21.9. The van der Waals surface area contributed by atoms with Crippen LogP contribution in [-0.4, -0.2) is 48.2 Å². The molecule has 0 saturated heterocycles. The lowest BCUT2D eigenvalue weighted by atomic mass is 10.2. The second-order valence-corrected chi connectivity index (χ2v) is 10.9. The van der Waals surface area contributed by atoms with E-state index in [1.54, 1.807) is 45.6 Å². The lowest BCUT2D eigenvalue weighted by Gasteiger charge is -2.16. The Bertz CT molecular complexity index is 1130. The van der Waals surface area contributed by atoms with Crippen LogP contribution >= 0.6 is 18.7 Å². The molecule has 3 rings (SSSR count). The Labute approximate surface area is 180 Å². The number of carbonyl (C=O) groups is 1. The van der Waals surface area contributed by atoms with E-state index >= 15 is 0 Å². The fourth-order valence-electron chi connectivity index (χ4n) is 2.81. The van der Waals surface area contributed by atoms with E-state index in [0.717, 1.165) is 0 Å². The molecule has 30 heavy (non-hydrogen) atoms. The van der Waals surface area contributed by atoms with Crippen molar-refractivity contribution in [2.45, 2.75) is 0 Å². The molecule has 0 saturated carbocycles. The number of nitrogens with one attached hydrogen (secondary N) is 2. The van der Waals surface area contributed by atoms with Gasteiger partial charge in [-0.05, 0) is 43.7 Å². The Morgan fingerprint density at radius 1 is 1.07 bits per heavy atom. The molecule has 0 fully saturated rings. The SMILES string of the molecule is CN(C)C(=O)c1cccc(Nc2ncc(Cl)c(Nc3ccccc3P(C)(C)=O)n2)c1. The third-order valence-electron chi connectivity index (χ3n) is 4.25. The lowest BCUT2D eigenvalue weighted by molar-refractivity contribution is 0.0827. The van der Waals surface area contributed by atoms with Crippen molar-refractivity contribution in [1.29, 1.82) is 0 Å². The highest BCUT2D eigenvalue weighted by molar-refractivity contribution is 7.70. The molecule has 0 aliphatic heterocycles. The molecule has 0 atom stereocenters. The monoisotopic (exact) mass is 443 g/mol. The number of benzene rings is 2. The van der Waals surface area contributed by atoms with E-state index in [4.69, 9.17) is 11.6 Å². The smallest absolute Gasteiger partial charge is 0.253 e. The van der Waals surface area contributed by atoms with Crippen LogP contribution in [0.2, 0.25) is 5.02 Å². The first-order valence-electron chi connectivity index (χ1n) is 9.18. The summed E-state index contributed by atoms with van der Waals surface area (Å²) in [5.74, 6) is 0.596. The van der Waals surface area contributed by atoms with Crippen LogP contribution in [-0.2, 0) is 4.57 Å². The Morgan fingerprint density at radius 3 is 2.50 bits per heavy atom. The van der Waals surface area contributed by atoms with Crippen LogP contribution in [0.15, 0.2) is 54.7 Å². The first-order chi connectivity index (χ1) is 14.1. The standard InChI is InChI=1S/C21H23ClN5O2P/c1-27(2)20(28)14-8-7-9-15(12-14)24-21-23-13-16(22)19(26-21)25-17-10-5-6-11-18(17)30(3,4)29/h5-13H,1-4H3,(H2,23,24,25,26). The first-order valence-corrected chi connectivity index (χ1v) is 12.2. The maximum Gasteiger partial charge on any atom is 0.253 e. The summed E-state index contributed by atoms with van der Waals surface area (Å²) in [4.78, 5) is 22.3. The molecular weight excluding hydrogens is 421 g/mol. The van der Waals surface area contributed by atoms with Crippen LogP contribution < -0.4 is 15.9 Å². The van der Waals surface area contributed by atoms with Gasteiger partial charge in [0.1, 0.15) is 12.2 Å². The minimum absolute atomic E-state index is 0.0989. The molecule has 0 unspecified atom stereocenters. The van der Waals surface area contributed by atoms with Gasteiger partial charge in [-0.25, -0.2) is 4.98 Å². The summed E-state index contributed by atoms with van der Waals surface area (Å²) in [7, 11) is 0.903. The van der Waals surface area contributed by atoms with Crippen molar-refractivity contribution >= 4 is 53.1 Å². The highest BCUT2D eigenvalue weighted by Gasteiger charge is 2.17. The second kappa shape index (κ2) is 8.86. The van der Waals surface area contributed by atoms with Crippen molar-refractivity contribution < 1.29 is 9.36 Å². The third kappa shape index (κ3) is 5.17. The van der Waals surface area contributed by atoms with Gasteiger partial charge in [0.25, 0.3) is 5.91 Å². The number of rotatable bonds is 6. The maximum absolute atomic E-state index is 12.6. The number of para-hydroxylation sites is 1. The van der Waals surface area contributed by atoms with Crippen LogP contribution in [0.1, 0.15) is 10.4 Å². The molecule has 0 aliphatic carbocycles. The van der Waals surface area contributed by atoms with E-state index in [1.807, 2.05) is 30.3 Å². The van der Waals surface area contributed by atoms with Crippen molar-refractivity contribution in [3.8, 4) is 0 Å². The molecule has 7 nitrogen and oxygen atoms in total. The van der Waals surface area contributed by atoms with Crippen LogP contribution in [0.25, 0.3) is 0 Å². The molecule has 1 heterocycles. The van der Waals surface area contributed by atoms with Gasteiger partial charge in [0.15, 0.2) is 5.82 Å². The summed E-state index contributed by atoms with van der Waals surface area (Å²) in [6.45, 7) is 3.42.